The second-order valence-corrected chi connectivity index (χ2v) is 4.75. The first-order valence-corrected chi connectivity index (χ1v) is 6.61. The molecular formula is C13H19NO8. The van der Waals surface area contributed by atoms with Crippen LogP contribution in [0.5, 0.6) is 0 Å². The molecule has 0 aliphatic carbocycles. The van der Waals surface area contributed by atoms with Crippen LogP contribution in [0.3, 0.4) is 0 Å². The largest absolute Gasteiger partial charge is 0.456 e. The van der Waals surface area contributed by atoms with E-state index in [1.165, 1.54) is 20.8 Å². The Morgan fingerprint density at radius 1 is 0.864 bits per heavy atom. The number of amides is 1. The lowest BCUT2D eigenvalue weighted by Gasteiger charge is -2.40. The number of hydrogen-bond acceptors (Lipinski definition) is 8. The van der Waals surface area contributed by atoms with Gasteiger partial charge in [-0.15, -0.1) is 0 Å². The number of carbonyl (C=O) groups is 4. The summed E-state index contributed by atoms with van der Waals surface area (Å²) in [4.78, 5) is 44.9. The number of nitrogens with one attached hydrogen (secondary N) is 1. The Labute approximate surface area is 127 Å². The maximum Gasteiger partial charge on any atom is 0.303 e. The molecule has 0 bridgehead atoms. The van der Waals surface area contributed by atoms with Gasteiger partial charge in [0.1, 0.15) is 0 Å². The SMILES string of the molecule is CC(=O)N[C@H]1OC[C@@H](OC(C)=O)[C@@H](OC(C)=O)[C@@H]1OC(C)=O. The Morgan fingerprint density at radius 3 is 1.82 bits per heavy atom. The number of esters is 3. The van der Waals surface area contributed by atoms with Gasteiger partial charge in [-0.3, -0.25) is 19.2 Å². The van der Waals surface area contributed by atoms with E-state index < -0.39 is 48.4 Å². The molecule has 0 spiro atoms. The summed E-state index contributed by atoms with van der Waals surface area (Å²) in [6.45, 7) is 4.64. The summed E-state index contributed by atoms with van der Waals surface area (Å²) < 4.78 is 20.6. The number of ether oxygens (including phenoxy) is 4. The zero-order chi connectivity index (χ0) is 16.9. The maximum absolute atomic E-state index is 11.3. The highest BCUT2D eigenvalue weighted by atomic mass is 16.6. The molecule has 9 heteroatoms. The summed E-state index contributed by atoms with van der Waals surface area (Å²) in [6, 6.07) is 0. The van der Waals surface area contributed by atoms with Gasteiger partial charge in [-0.2, -0.15) is 0 Å². The van der Waals surface area contributed by atoms with Crippen LogP contribution < -0.4 is 5.32 Å². The van der Waals surface area contributed by atoms with Crippen LogP contribution in [0.2, 0.25) is 0 Å². The number of carbonyl (C=O) groups excluding carboxylic acids is 4. The van der Waals surface area contributed by atoms with Crippen LogP contribution in [0.15, 0.2) is 0 Å². The van der Waals surface area contributed by atoms with Gasteiger partial charge >= 0.3 is 17.9 Å². The second-order valence-electron chi connectivity index (χ2n) is 4.75. The summed E-state index contributed by atoms with van der Waals surface area (Å²) in [5, 5.41) is 2.44. The summed E-state index contributed by atoms with van der Waals surface area (Å²) in [5.41, 5.74) is 0. The molecule has 0 saturated carbocycles. The highest BCUT2D eigenvalue weighted by Gasteiger charge is 2.47. The van der Waals surface area contributed by atoms with Gasteiger partial charge < -0.3 is 24.3 Å². The Hall–Kier alpha value is -2.16. The van der Waals surface area contributed by atoms with E-state index in [4.69, 9.17) is 18.9 Å². The molecule has 1 amide bonds. The molecule has 1 rings (SSSR count). The normalized spacial score (nSPS) is 27.5. The summed E-state index contributed by atoms with van der Waals surface area (Å²) in [7, 11) is 0. The molecule has 0 aromatic heterocycles. The first kappa shape index (κ1) is 17.9. The summed E-state index contributed by atoms with van der Waals surface area (Å²) in [5.74, 6) is -2.34. The minimum atomic E-state index is -1.14. The standard InChI is InChI=1S/C13H19NO8/c1-6(15)14-13-12(22-9(4)18)11(21-8(3)17)10(5-19-13)20-7(2)16/h10-13H,5H2,1-4H3,(H,14,15)/t10-,11-,12+,13+/m1/s1. The molecule has 124 valence electrons. The van der Waals surface area contributed by atoms with Crippen molar-refractivity contribution >= 4 is 23.8 Å². The van der Waals surface area contributed by atoms with Crippen LogP contribution in [0.1, 0.15) is 27.7 Å². The Balaban J connectivity index is 3.03. The fourth-order valence-electron chi connectivity index (χ4n) is 2.07. The minimum absolute atomic E-state index is 0.125. The molecule has 1 heterocycles. The van der Waals surface area contributed by atoms with Crippen LogP contribution in [-0.2, 0) is 38.1 Å². The zero-order valence-corrected chi connectivity index (χ0v) is 12.8. The van der Waals surface area contributed by atoms with Crippen LogP contribution in [0.4, 0.5) is 0 Å². The van der Waals surface area contributed by atoms with E-state index in [0.29, 0.717) is 0 Å². The first-order valence-electron chi connectivity index (χ1n) is 6.61. The Morgan fingerprint density at radius 2 is 1.36 bits per heavy atom. The van der Waals surface area contributed by atoms with E-state index in [9.17, 15) is 19.2 Å². The molecule has 22 heavy (non-hydrogen) atoms. The lowest BCUT2D eigenvalue weighted by Crippen LogP contribution is -2.62. The van der Waals surface area contributed by atoms with Gasteiger partial charge in [0.15, 0.2) is 24.5 Å². The first-order chi connectivity index (χ1) is 10.2. The highest BCUT2D eigenvalue weighted by molar-refractivity contribution is 5.73. The molecule has 1 aliphatic heterocycles. The fourth-order valence-corrected chi connectivity index (χ4v) is 2.07. The Kier molecular flexibility index (Phi) is 6.29. The molecule has 4 atom stereocenters. The van der Waals surface area contributed by atoms with Crippen molar-refractivity contribution < 1.29 is 38.1 Å². The van der Waals surface area contributed by atoms with Gasteiger partial charge in [-0.25, -0.2) is 0 Å². The van der Waals surface area contributed by atoms with Crippen molar-refractivity contribution in [1.29, 1.82) is 0 Å². The van der Waals surface area contributed by atoms with Gasteiger partial charge in [-0.05, 0) is 0 Å². The van der Waals surface area contributed by atoms with E-state index in [1.807, 2.05) is 0 Å². The molecule has 1 fully saturated rings. The van der Waals surface area contributed by atoms with Crippen molar-refractivity contribution in [1.82, 2.24) is 5.32 Å². The van der Waals surface area contributed by atoms with E-state index in [1.54, 1.807) is 0 Å². The van der Waals surface area contributed by atoms with Crippen molar-refractivity contribution in [3.05, 3.63) is 0 Å². The third-order valence-corrected chi connectivity index (χ3v) is 2.70. The average Bonchev–Trinajstić information content (AvgIpc) is 2.34. The molecule has 1 N–H and O–H groups in total. The predicted molar refractivity (Wildman–Crippen MR) is 70.2 cm³/mol. The van der Waals surface area contributed by atoms with E-state index in [-0.39, 0.29) is 6.61 Å². The monoisotopic (exact) mass is 317 g/mol. The van der Waals surface area contributed by atoms with Crippen molar-refractivity contribution in [2.75, 3.05) is 6.61 Å². The summed E-state index contributed by atoms with van der Waals surface area (Å²) in [6.07, 6.45) is -4.19. The molecule has 0 unspecified atom stereocenters. The molecule has 1 saturated heterocycles. The van der Waals surface area contributed by atoms with Crippen LogP contribution >= 0.6 is 0 Å². The van der Waals surface area contributed by atoms with Gasteiger partial charge in [0.2, 0.25) is 5.91 Å². The lowest BCUT2D eigenvalue weighted by molar-refractivity contribution is -0.229. The molecule has 0 radical (unpaired) electrons. The zero-order valence-electron chi connectivity index (χ0n) is 12.8. The van der Waals surface area contributed by atoms with Crippen molar-refractivity contribution in [2.24, 2.45) is 0 Å². The van der Waals surface area contributed by atoms with E-state index in [0.717, 1.165) is 6.92 Å². The number of hydrogen-bond donors (Lipinski definition) is 1. The molecule has 1 aliphatic rings. The lowest BCUT2D eigenvalue weighted by atomic mass is 10.0. The highest BCUT2D eigenvalue weighted by Crippen LogP contribution is 2.23. The second kappa shape index (κ2) is 7.74. The van der Waals surface area contributed by atoms with Crippen LogP contribution in [0, 0.1) is 0 Å². The smallest absolute Gasteiger partial charge is 0.303 e. The predicted octanol–water partition coefficient (Wildman–Crippen LogP) is -0.726. The van der Waals surface area contributed by atoms with Gasteiger partial charge in [0.25, 0.3) is 0 Å². The maximum atomic E-state index is 11.3. The fraction of sp³-hybridized carbons (Fsp3) is 0.692. The third-order valence-electron chi connectivity index (χ3n) is 2.70. The Bertz CT molecular complexity index is 421. The van der Waals surface area contributed by atoms with Gasteiger partial charge in [-0.1, -0.05) is 0 Å². The van der Waals surface area contributed by atoms with E-state index in [2.05, 4.69) is 5.32 Å². The summed E-state index contributed by atoms with van der Waals surface area (Å²) >= 11 is 0. The van der Waals surface area contributed by atoms with Crippen molar-refractivity contribution in [3.63, 3.8) is 0 Å². The van der Waals surface area contributed by atoms with Crippen molar-refractivity contribution in [3.8, 4) is 0 Å². The molecule has 9 nitrogen and oxygen atoms in total. The molecule has 0 aromatic rings. The third kappa shape index (κ3) is 5.32. The minimum Gasteiger partial charge on any atom is -0.456 e. The molecule has 0 aromatic carbocycles. The van der Waals surface area contributed by atoms with Gasteiger partial charge in [0.05, 0.1) is 6.61 Å². The number of rotatable bonds is 4. The van der Waals surface area contributed by atoms with Crippen LogP contribution in [0.25, 0.3) is 0 Å². The van der Waals surface area contributed by atoms with Crippen molar-refractivity contribution in [2.45, 2.75) is 52.2 Å². The molecular weight excluding hydrogens is 298 g/mol. The quantitative estimate of drug-likeness (QED) is 0.533. The van der Waals surface area contributed by atoms with Gasteiger partial charge in [0, 0.05) is 27.7 Å². The van der Waals surface area contributed by atoms with Crippen LogP contribution in [-0.4, -0.2) is 55.0 Å². The van der Waals surface area contributed by atoms with E-state index >= 15 is 0 Å². The topological polar surface area (TPSA) is 117 Å². The average molecular weight is 317 g/mol.